The van der Waals surface area contributed by atoms with Gasteiger partial charge in [0, 0.05) is 5.56 Å². The SMILES string of the molecule is O=C1Oc2ccccc2C1=C1C=CCC=C1. The Hall–Kier alpha value is -2.09. The highest BCUT2D eigenvalue weighted by atomic mass is 16.5. The van der Waals surface area contributed by atoms with Crippen LogP contribution in [0.15, 0.2) is 54.1 Å². The zero-order chi connectivity index (χ0) is 11.0. The van der Waals surface area contributed by atoms with Crippen LogP contribution in [0.2, 0.25) is 0 Å². The Balaban J connectivity index is 2.22. The molecule has 0 amide bonds. The molecule has 0 aromatic heterocycles. The van der Waals surface area contributed by atoms with Crippen LogP contribution in [-0.4, -0.2) is 5.97 Å². The fourth-order valence-electron chi connectivity index (χ4n) is 1.99. The summed E-state index contributed by atoms with van der Waals surface area (Å²) in [6, 6.07) is 7.51. The predicted molar refractivity (Wildman–Crippen MR) is 61.9 cm³/mol. The van der Waals surface area contributed by atoms with Crippen molar-refractivity contribution >= 4 is 11.5 Å². The van der Waals surface area contributed by atoms with Gasteiger partial charge in [0.1, 0.15) is 5.75 Å². The highest BCUT2D eigenvalue weighted by Gasteiger charge is 2.28. The Labute approximate surface area is 93.5 Å². The lowest BCUT2D eigenvalue weighted by molar-refractivity contribution is -0.127. The van der Waals surface area contributed by atoms with E-state index in [9.17, 15) is 4.79 Å². The molecule has 1 aliphatic carbocycles. The second-order valence-corrected chi connectivity index (χ2v) is 3.76. The quantitative estimate of drug-likeness (QED) is 0.374. The summed E-state index contributed by atoms with van der Waals surface area (Å²) in [7, 11) is 0. The standard InChI is InChI=1S/C14H10O2/c15-14-13(10-6-2-1-3-7-10)11-8-4-5-9-12(11)16-14/h2-9H,1H2. The van der Waals surface area contributed by atoms with Gasteiger partial charge in [-0.3, -0.25) is 0 Å². The lowest BCUT2D eigenvalue weighted by Gasteiger charge is -2.03. The summed E-state index contributed by atoms with van der Waals surface area (Å²) in [5.41, 5.74) is 2.49. The first kappa shape index (κ1) is 9.16. The average molecular weight is 210 g/mol. The van der Waals surface area contributed by atoms with Crippen LogP contribution >= 0.6 is 0 Å². The summed E-state index contributed by atoms with van der Waals surface area (Å²) in [6.07, 6.45) is 8.94. The van der Waals surface area contributed by atoms with Crippen LogP contribution in [-0.2, 0) is 4.79 Å². The molecule has 0 fully saturated rings. The molecule has 0 spiro atoms. The largest absolute Gasteiger partial charge is 0.422 e. The zero-order valence-corrected chi connectivity index (χ0v) is 8.64. The molecule has 0 unspecified atom stereocenters. The molecule has 1 aromatic rings. The summed E-state index contributed by atoms with van der Waals surface area (Å²) in [6.45, 7) is 0. The van der Waals surface area contributed by atoms with E-state index in [2.05, 4.69) is 0 Å². The van der Waals surface area contributed by atoms with E-state index >= 15 is 0 Å². The minimum absolute atomic E-state index is 0.257. The Kier molecular flexibility index (Phi) is 2.00. The maximum absolute atomic E-state index is 11.8. The van der Waals surface area contributed by atoms with Crippen molar-refractivity contribution < 1.29 is 9.53 Å². The Morgan fingerprint density at radius 1 is 1.06 bits per heavy atom. The first-order valence-electron chi connectivity index (χ1n) is 5.25. The lowest BCUT2D eigenvalue weighted by atomic mass is 9.98. The number of allylic oxidation sites excluding steroid dienone is 5. The zero-order valence-electron chi connectivity index (χ0n) is 8.64. The summed E-state index contributed by atoms with van der Waals surface area (Å²) in [4.78, 5) is 11.8. The van der Waals surface area contributed by atoms with Crippen LogP contribution in [0.1, 0.15) is 12.0 Å². The molecule has 0 atom stereocenters. The fourth-order valence-corrected chi connectivity index (χ4v) is 1.99. The maximum atomic E-state index is 11.8. The van der Waals surface area contributed by atoms with Gasteiger partial charge in [-0.25, -0.2) is 4.79 Å². The van der Waals surface area contributed by atoms with E-state index in [1.165, 1.54) is 0 Å². The van der Waals surface area contributed by atoms with Crippen molar-refractivity contribution in [3.05, 3.63) is 59.7 Å². The number of rotatable bonds is 0. The molecule has 1 aliphatic heterocycles. The summed E-state index contributed by atoms with van der Waals surface area (Å²) < 4.78 is 5.21. The second kappa shape index (κ2) is 3.49. The highest BCUT2D eigenvalue weighted by Crippen LogP contribution is 2.36. The van der Waals surface area contributed by atoms with Crippen molar-refractivity contribution in [1.29, 1.82) is 0 Å². The molecule has 0 saturated carbocycles. The van der Waals surface area contributed by atoms with E-state index in [1.54, 1.807) is 0 Å². The number of fused-ring (bicyclic) bond motifs is 1. The van der Waals surface area contributed by atoms with Gasteiger partial charge in [0.25, 0.3) is 0 Å². The minimum Gasteiger partial charge on any atom is -0.422 e. The average Bonchev–Trinajstić information content (AvgIpc) is 2.66. The Bertz CT molecular complexity index is 534. The van der Waals surface area contributed by atoms with Gasteiger partial charge in [-0.1, -0.05) is 42.5 Å². The van der Waals surface area contributed by atoms with Crippen LogP contribution in [0, 0.1) is 0 Å². The van der Waals surface area contributed by atoms with E-state index in [4.69, 9.17) is 4.74 Å². The van der Waals surface area contributed by atoms with E-state index in [0.717, 1.165) is 17.6 Å². The maximum Gasteiger partial charge on any atom is 0.344 e. The number of ether oxygens (including phenoxy) is 1. The molecule has 1 heterocycles. The minimum atomic E-state index is -0.257. The third kappa shape index (κ3) is 1.31. The Morgan fingerprint density at radius 3 is 2.62 bits per heavy atom. The normalized spacial score (nSPS) is 17.6. The lowest BCUT2D eigenvalue weighted by Crippen LogP contribution is -2.02. The van der Waals surface area contributed by atoms with Crippen molar-refractivity contribution in [3.8, 4) is 5.75 Å². The van der Waals surface area contributed by atoms with Gasteiger partial charge in [0.2, 0.25) is 0 Å². The van der Waals surface area contributed by atoms with E-state index in [-0.39, 0.29) is 5.97 Å². The molecule has 3 rings (SSSR count). The second-order valence-electron chi connectivity index (χ2n) is 3.76. The molecule has 0 N–H and O–H groups in total. The van der Waals surface area contributed by atoms with Gasteiger partial charge in [0.05, 0.1) is 5.57 Å². The molecule has 2 nitrogen and oxygen atoms in total. The molecule has 0 saturated heterocycles. The third-order valence-electron chi connectivity index (χ3n) is 2.72. The van der Waals surface area contributed by atoms with Crippen LogP contribution in [0.5, 0.6) is 5.75 Å². The van der Waals surface area contributed by atoms with Gasteiger partial charge < -0.3 is 4.74 Å². The number of carbonyl (C=O) groups excluding carboxylic acids is 1. The van der Waals surface area contributed by atoms with Crippen LogP contribution in [0.25, 0.3) is 5.57 Å². The number of para-hydroxylation sites is 1. The third-order valence-corrected chi connectivity index (χ3v) is 2.72. The summed E-state index contributed by atoms with van der Waals surface area (Å²) in [5, 5.41) is 0. The fraction of sp³-hybridized carbons (Fsp3) is 0.0714. The van der Waals surface area contributed by atoms with Crippen molar-refractivity contribution in [2.75, 3.05) is 0 Å². The van der Waals surface area contributed by atoms with Crippen molar-refractivity contribution in [3.63, 3.8) is 0 Å². The molecular formula is C14H10O2. The molecular weight excluding hydrogens is 200 g/mol. The van der Waals surface area contributed by atoms with E-state index in [1.807, 2.05) is 48.6 Å². The molecule has 2 aliphatic rings. The molecule has 16 heavy (non-hydrogen) atoms. The molecule has 0 radical (unpaired) electrons. The first-order valence-corrected chi connectivity index (χ1v) is 5.25. The topological polar surface area (TPSA) is 26.3 Å². The summed E-state index contributed by atoms with van der Waals surface area (Å²) in [5.74, 6) is 0.398. The van der Waals surface area contributed by atoms with Gasteiger partial charge >= 0.3 is 5.97 Å². The van der Waals surface area contributed by atoms with Crippen LogP contribution in [0.4, 0.5) is 0 Å². The van der Waals surface area contributed by atoms with Crippen LogP contribution in [0.3, 0.4) is 0 Å². The van der Waals surface area contributed by atoms with Crippen molar-refractivity contribution in [2.24, 2.45) is 0 Å². The van der Waals surface area contributed by atoms with Crippen molar-refractivity contribution in [1.82, 2.24) is 0 Å². The number of hydrogen-bond donors (Lipinski definition) is 0. The molecule has 78 valence electrons. The smallest absolute Gasteiger partial charge is 0.344 e. The predicted octanol–water partition coefficient (Wildman–Crippen LogP) is 2.88. The van der Waals surface area contributed by atoms with Crippen molar-refractivity contribution in [2.45, 2.75) is 6.42 Å². The van der Waals surface area contributed by atoms with Gasteiger partial charge in [-0.2, -0.15) is 0 Å². The summed E-state index contributed by atoms with van der Waals surface area (Å²) >= 11 is 0. The number of hydrogen-bond acceptors (Lipinski definition) is 2. The molecule has 0 bridgehead atoms. The highest BCUT2D eigenvalue weighted by molar-refractivity contribution is 6.23. The molecule has 1 aromatic carbocycles. The molecule has 2 heteroatoms. The van der Waals surface area contributed by atoms with E-state index in [0.29, 0.717) is 11.3 Å². The first-order chi connectivity index (χ1) is 7.86. The monoisotopic (exact) mass is 210 g/mol. The van der Waals surface area contributed by atoms with Crippen LogP contribution < -0.4 is 4.74 Å². The number of benzene rings is 1. The van der Waals surface area contributed by atoms with E-state index < -0.39 is 0 Å². The van der Waals surface area contributed by atoms with Gasteiger partial charge in [-0.05, 0) is 18.1 Å². The van der Waals surface area contributed by atoms with Gasteiger partial charge in [-0.15, -0.1) is 0 Å². The number of esters is 1. The number of carbonyl (C=O) groups is 1. The Morgan fingerprint density at radius 2 is 1.81 bits per heavy atom. The van der Waals surface area contributed by atoms with Gasteiger partial charge in [0.15, 0.2) is 0 Å².